The van der Waals surface area contributed by atoms with E-state index in [0.717, 1.165) is 0 Å². The molecule has 0 bridgehead atoms. The van der Waals surface area contributed by atoms with Gasteiger partial charge >= 0.3 is 12.8 Å². The smallest absolute Gasteiger partial charge is 0.488 e. The lowest BCUT2D eigenvalue weighted by molar-refractivity contribution is 0.407. The van der Waals surface area contributed by atoms with E-state index in [1.807, 2.05) is 6.92 Å². The molecule has 2 aromatic rings. The zero-order valence-electron chi connectivity index (χ0n) is 11.5. The number of nitrogens with zero attached hydrogens (tertiary/aromatic N) is 2. The van der Waals surface area contributed by atoms with Crippen LogP contribution < -0.4 is 15.9 Å². The summed E-state index contributed by atoms with van der Waals surface area (Å²) in [5, 5.41) is 18.4. The van der Waals surface area contributed by atoms with Gasteiger partial charge in [-0.1, -0.05) is 12.1 Å². The largest absolute Gasteiger partial charge is 0.496 e. The van der Waals surface area contributed by atoms with Gasteiger partial charge in [0.25, 0.3) is 0 Å². The van der Waals surface area contributed by atoms with Gasteiger partial charge in [0.2, 0.25) is 0 Å². The Hall–Kier alpha value is -1.99. The molecule has 0 saturated heterocycles. The fourth-order valence-electron chi connectivity index (χ4n) is 2.08. The number of ether oxygens (including phenoxy) is 1. The summed E-state index contributed by atoms with van der Waals surface area (Å²) in [6, 6.07) is 4.86. The van der Waals surface area contributed by atoms with E-state index >= 15 is 0 Å². The maximum atomic E-state index is 12.0. The van der Waals surface area contributed by atoms with E-state index in [4.69, 9.17) is 4.74 Å². The van der Waals surface area contributed by atoms with Gasteiger partial charge in [0, 0.05) is 24.5 Å². The molecule has 1 aromatic carbocycles. The van der Waals surface area contributed by atoms with Crippen molar-refractivity contribution in [1.29, 1.82) is 0 Å². The number of imidazole rings is 1. The molecule has 7 heteroatoms. The Morgan fingerprint density at radius 2 is 1.95 bits per heavy atom. The van der Waals surface area contributed by atoms with Crippen molar-refractivity contribution in [2.45, 2.75) is 20.0 Å². The molecule has 0 radical (unpaired) electrons. The van der Waals surface area contributed by atoms with Gasteiger partial charge in [-0.3, -0.25) is 9.13 Å². The number of methoxy groups -OCH3 is 1. The third-order valence-electron chi connectivity index (χ3n) is 3.20. The lowest BCUT2D eigenvalue weighted by Crippen LogP contribution is -2.30. The maximum Gasteiger partial charge on any atom is 0.488 e. The van der Waals surface area contributed by atoms with Crippen molar-refractivity contribution in [2.24, 2.45) is 0 Å². The average molecular weight is 276 g/mol. The predicted molar refractivity (Wildman–Crippen MR) is 76.3 cm³/mol. The molecule has 106 valence electrons. The molecule has 0 unspecified atom stereocenters. The Balaban J connectivity index is 2.38. The summed E-state index contributed by atoms with van der Waals surface area (Å²) in [6.07, 6.45) is 3.42. The summed E-state index contributed by atoms with van der Waals surface area (Å²) in [6.45, 7) is 2.82. The zero-order valence-corrected chi connectivity index (χ0v) is 11.5. The monoisotopic (exact) mass is 276 g/mol. The second-order valence-corrected chi connectivity index (χ2v) is 4.44. The van der Waals surface area contributed by atoms with Crippen LogP contribution in [0.1, 0.15) is 12.5 Å². The van der Waals surface area contributed by atoms with E-state index in [1.165, 1.54) is 7.11 Å². The number of benzene rings is 1. The lowest BCUT2D eigenvalue weighted by Gasteiger charge is -2.11. The highest BCUT2D eigenvalue weighted by molar-refractivity contribution is 6.58. The van der Waals surface area contributed by atoms with E-state index in [9.17, 15) is 14.8 Å². The summed E-state index contributed by atoms with van der Waals surface area (Å²) in [5.74, 6) is 0.602. The third kappa shape index (κ3) is 2.78. The van der Waals surface area contributed by atoms with Gasteiger partial charge in [0.05, 0.1) is 13.7 Å². The molecule has 0 aliphatic rings. The SMILES string of the molecule is CCn1ccn(Cc2cc(B(O)O)ccc2OC)c1=O. The van der Waals surface area contributed by atoms with Crippen molar-refractivity contribution in [1.82, 2.24) is 9.13 Å². The normalized spacial score (nSPS) is 10.6. The fourth-order valence-corrected chi connectivity index (χ4v) is 2.08. The van der Waals surface area contributed by atoms with Crippen LogP contribution in [-0.2, 0) is 13.1 Å². The Kier molecular flexibility index (Phi) is 4.31. The molecule has 6 nitrogen and oxygen atoms in total. The highest BCUT2D eigenvalue weighted by atomic mass is 16.5. The molecule has 0 fully saturated rings. The van der Waals surface area contributed by atoms with Crippen LogP contribution in [0.4, 0.5) is 0 Å². The Morgan fingerprint density at radius 1 is 1.25 bits per heavy atom. The van der Waals surface area contributed by atoms with Crippen LogP contribution >= 0.6 is 0 Å². The van der Waals surface area contributed by atoms with Crippen LogP contribution in [0.2, 0.25) is 0 Å². The summed E-state index contributed by atoms with van der Waals surface area (Å²) >= 11 is 0. The zero-order chi connectivity index (χ0) is 14.7. The van der Waals surface area contributed by atoms with E-state index < -0.39 is 7.12 Å². The van der Waals surface area contributed by atoms with E-state index in [2.05, 4.69) is 0 Å². The number of aryl methyl sites for hydroxylation is 1. The average Bonchev–Trinajstić information content (AvgIpc) is 2.79. The molecule has 1 aromatic heterocycles. The standard InChI is InChI=1S/C13H17BN2O4/c1-3-15-6-7-16(13(15)17)9-10-8-11(14(18)19)4-5-12(10)20-2/h4-8,18-19H,3,9H2,1-2H3. The second kappa shape index (κ2) is 5.98. The van der Waals surface area contributed by atoms with Crippen molar-refractivity contribution in [2.75, 3.05) is 7.11 Å². The fraction of sp³-hybridized carbons (Fsp3) is 0.308. The predicted octanol–water partition coefficient (Wildman–Crippen LogP) is -0.594. The molecular weight excluding hydrogens is 259 g/mol. The van der Waals surface area contributed by atoms with E-state index in [0.29, 0.717) is 29.9 Å². The molecule has 0 saturated carbocycles. The molecule has 0 amide bonds. The number of rotatable bonds is 5. The quantitative estimate of drug-likeness (QED) is 0.715. The second-order valence-electron chi connectivity index (χ2n) is 4.44. The first-order valence-electron chi connectivity index (χ1n) is 6.35. The van der Waals surface area contributed by atoms with Crippen LogP contribution in [-0.4, -0.2) is 33.4 Å². The first-order chi connectivity index (χ1) is 9.56. The summed E-state index contributed by atoms with van der Waals surface area (Å²) in [4.78, 5) is 12.0. The molecule has 0 aliphatic heterocycles. The Morgan fingerprint density at radius 3 is 2.50 bits per heavy atom. The highest BCUT2D eigenvalue weighted by Gasteiger charge is 2.14. The van der Waals surface area contributed by atoms with E-state index in [-0.39, 0.29) is 5.69 Å². The van der Waals surface area contributed by atoms with Gasteiger partial charge in [-0.2, -0.15) is 0 Å². The summed E-state index contributed by atoms with van der Waals surface area (Å²) in [7, 11) is -0.00921. The lowest BCUT2D eigenvalue weighted by atomic mass is 9.79. The molecule has 2 N–H and O–H groups in total. The van der Waals surface area contributed by atoms with Crippen molar-refractivity contribution < 1.29 is 14.8 Å². The van der Waals surface area contributed by atoms with Crippen LogP contribution in [0.3, 0.4) is 0 Å². The maximum absolute atomic E-state index is 12.0. The Labute approximate surface area is 117 Å². The molecule has 0 aliphatic carbocycles. The molecule has 0 spiro atoms. The van der Waals surface area contributed by atoms with Crippen molar-refractivity contribution in [3.05, 3.63) is 46.6 Å². The van der Waals surface area contributed by atoms with Crippen LogP contribution in [0.15, 0.2) is 35.4 Å². The van der Waals surface area contributed by atoms with Crippen molar-refractivity contribution in [3.8, 4) is 5.75 Å². The molecule has 2 rings (SSSR count). The molecule has 0 atom stereocenters. The highest BCUT2D eigenvalue weighted by Crippen LogP contribution is 2.17. The number of hydrogen-bond acceptors (Lipinski definition) is 4. The van der Waals surface area contributed by atoms with Gasteiger partial charge in [0.15, 0.2) is 0 Å². The third-order valence-corrected chi connectivity index (χ3v) is 3.20. The Bertz CT molecular complexity index is 648. The summed E-state index contributed by atoms with van der Waals surface area (Å²) < 4.78 is 8.38. The van der Waals surface area contributed by atoms with Gasteiger partial charge < -0.3 is 14.8 Å². The minimum Gasteiger partial charge on any atom is -0.496 e. The summed E-state index contributed by atoms with van der Waals surface area (Å²) in [5.41, 5.74) is 0.974. The number of aromatic nitrogens is 2. The van der Waals surface area contributed by atoms with E-state index in [1.54, 1.807) is 39.7 Å². The van der Waals surface area contributed by atoms with Gasteiger partial charge in [0.1, 0.15) is 5.75 Å². The van der Waals surface area contributed by atoms with Gasteiger partial charge in [-0.05, 0) is 18.5 Å². The van der Waals surface area contributed by atoms with Gasteiger partial charge in [-0.25, -0.2) is 4.79 Å². The molecule has 1 heterocycles. The van der Waals surface area contributed by atoms with Crippen molar-refractivity contribution >= 4 is 12.6 Å². The minimum absolute atomic E-state index is 0.107. The van der Waals surface area contributed by atoms with Crippen LogP contribution in [0.25, 0.3) is 0 Å². The topological polar surface area (TPSA) is 76.6 Å². The minimum atomic E-state index is -1.54. The van der Waals surface area contributed by atoms with Gasteiger partial charge in [-0.15, -0.1) is 0 Å². The van der Waals surface area contributed by atoms with Crippen molar-refractivity contribution in [3.63, 3.8) is 0 Å². The van der Waals surface area contributed by atoms with Crippen LogP contribution in [0.5, 0.6) is 5.75 Å². The molecular formula is C13H17BN2O4. The first-order valence-corrected chi connectivity index (χ1v) is 6.35. The number of hydrogen-bond donors (Lipinski definition) is 2. The molecule has 20 heavy (non-hydrogen) atoms. The first kappa shape index (κ1) is 14.4. The van der Waals surface area contributed by atoms with Crippen LogP contribution in [0, 0.1) is 0 Å².